The zero-order valence-corrected chi connectivity index (χ0v) is 12.5. The first-order valence-corrected chi connectivity index (χ1v) is 6.91. The van der Waals surface area contributed by atoms with Crippen molar-refractivity contribution in [3.63, 3.8) is 0 Å². The topological polar surface area (TPSA) is 75.4 Å². The van der Waals surface area contributed by atoms with Crippen LogP contribution in [0.1, 0.15) is 29.3 Å². The minimum absolute atomic E-state index is 0.0435. The number of nitrogens with one attached hydrogen (secondary N) is 1. The Labute approximate surface area is 125 Å². The van der Waals surface area contributed by atoms with Crippen LogP contribution in [0.2, 0.25) is 0 Å². The van der Waals surface area contributed by atoms with Crippen LogP contribution in [-0.2, 0) is 4.79 Å². The molecular formula is C16H21N3O2. The zero-order chi connectivity index (χ0) is 15.7. The van der Waals surface area contributed by atoms with Crippen molar-refractivity contribution in [3.05, 3.63) is 35.4 Å². The third-order valence-corrected chi connectivity index (χ3v) is 2.88. The number of hydrogen-bond donors (Lipinski definition) is 2. The number of rotatable bonds is 5. The Bertz CT molecular complexity index is 558. The van der Waals surface area contributed by atoms with Gasteiger partial charge in [0.1, 0.15) is 0 Å². The molecule has 0 spiro atoms. The molecule has 0 aromatic heterocycles. The predicted octanol–water partition coefficient (Wildman–Crippen LogP) is 0.595. The highest BCUT2D eigenvalue weighted by Crippen LogP contribution is 2.11. The summed E-state index contributed by atoms with van der Waals surface area (Å²) in [5, 5.41) is 2.53. The van der Waals surface area contributed by atoms with Crippen LogP contribution >= 0.6 is 0 Å². The molecule has 0 unspecified atom stereocenters. The molecule has 1 aromatic carbocycles. The van der Waals surface area contributed by atoms with Gasteiger partial charge in [-0.15, -0.1) is 0 Å². The van der Waals surface area contributed by atoms with Crippen LogP contribution in [0.4, 0.5) is 0 Å². The second-order valence-electron chi connectivity index (χ2n) is 4.45. The van der Waals surface area contributed by atoms with Gasteiger partial charge in [-0.3, -0.25) is 9.59 Å². The van der Waals surface area contributed by atoms with Crippen molar-refractivity contribution in [2.75, 3.05) is 26.7 Å². The lowest BCUT2D eigenvalue weighted by molar-refractivity contribution is -0.121. The van der Waals surface area contributed by atoms with Gasteiger partial charge in [0.2, 0.25) is 5.91 Å². The lowest BCUT2D eigenvalue weighted by atomic mass is 10.1. The first-order valence-electron chi connectivity index (χ1n) is 6.91. The van der Waals surface area contributed by atoms with Crippen molar-refractivity contribution in [1.29, 1.82) is 0 Å². The van der Waals surface area contributed by atoms with E-state index in [1.165, 1.54) is 4.90 Å². The maximum atomic E-state index is 12.6. The molecule has 0 aliphatic heterocycles. The van der Waals surface area contributed by atoms with Crippen molar-refractivity contribution in [3.8, 4) is 11.8 Å². The fourth-order valence-electron chi connectivity index (χ4n) is 1.87. The molecule has 1 rings (SSSR count). The molecule has 0 aliphatic carbocycles. The molecule has 5 heteroatoms. The van der Waals surface area contributed by atoms with Crippen molar-refractivity contribution in [1.82, 2.24) is 10.2 Å². The van der Waals surface area contributed by atoms with Gasteiger partial charge in [-0.05, 0) is 18.6 Å². The van der Waals surface area contributed by atoms with E-state index in [-0.39, 0.29) is 24.9 Å². The molecule has 0 atom stereocenters. The molecule has 2 amide bonds. The van der Waals surface area contributed by atoms with Gasteiger partial charge < -0.3 is 16.0 Å². The molecule has 5 nitrogen and oxygen atoms in total. The number of hydrogen-bond acceptors (Lipinski definition) is 3. The number of carbonyl (C=O) groups is 2. The number of nitrogens with zero attached hydrogens (tertiary/aromatic N) is 1. The lowest BCUT2D eigenvalue weighted by Gasteiger charge is -2.21. The minimum Gasteiger partial charge on any atom is -0.358 e. The molecule has 0 aliphatic rings. The number of amides is 2. The van der Waals surface area contributed by atoms with Crippen LogP contribution in [0, 0.1) is 11.8 Å². The second-order valence-corrected chi connectivity index (χ2v) is 4.45. The van der Waals surface area contributed by atoms with Crippen LogP contribution in [0.5, 0.6) is 0 Å². The largest absolute Gasteiger partial charge is 0.358 e. The summed E-state index contributed by atoms with van der Waals surface area (Å²) in [5.41, 5.74) is 6.50. The summed E-state index contributed by atoms with van der Waals surface area (Å²) in [4.78, 5) is 25.7. The Morgan fingerprint density at radius 1 is 1.33 bits per heavy atom. The van der Waals surface area contributed by atoms with Crippen LogP contribution in [0.3, 0.4) is 0 Å². The van der Waals surface area contributed by atoms with E-state index in [1.54, 1.807) is 25.2 Å². The third kappa shape index (κ3) is 4.93. The lowest BCUT2D eigenvalue weighted by Crippen LogP contribution is -2.40. The van der Waals surface area contributed by atoms with Crippen LogP contribution in [-0.4, -0.2) is 43.4 Å². The number of nitrogens with two attached hydrogens (primary N) is 1. The maximum absolute atomic E-state index is 12.6. The van der Waals surface area contributed by atoms with Gasteiger partial charge in [-0.1, -0.05) is 30.9 Å². The monoisotopic (exact) mass is 287 g/mol. The van der Waals surface area contributed by atoms with E-state index in [4.69, 9.17) is 5.73 Å². The molecule has 112 valence electrons. The van der Waals surface area contributed by atoms with Crippen LogP contribution in [0.15, 0.2) is 24.3 Å². The minimum atomic E-state index is -0.192. The van der Waals surface area contributed by atoms with E-state index in [9.17, 15) is 9.59 Å². The Balaban J connectivity index is 3.05. The predicted molar refractivity (Wildman–Crippen MR) is 82.6 cm³/mol. The summed E-state index contributed by atoms with van der Waals surface area (Å²) < 4.78 is 0. The quantitative estimate of drug-likeness (QED) is 0.779. The van der Waals surface area contributed by atoms with Gasteiger partial charge in [-0.2, -0.15) is 0 Å². The number of carbonyl (C=O) groups excluding carboxylic acids is 2. The normalized spacial score (nSPS) is 9.48. The Kier molecular flexibility index (Phi) is 6.99. The fraction of sp³-hybridized carbons (Fsp3) is 0.375. The summed E-state index contributed by atoms with van der Waals surface area (Å²) in [6.07, 6.45) is 0.777. The Morgan fingerprint density at radius 3 is 2.67 bits per heavy atom. The number of benzene rings is 1. The standard InChI is InChI=1S/C16H21N3O2/c1-3-11-19(12-15(20)18-2)16(21)14-9-5-4-7-13(14)8-6-10-17/h4-5,7,9H,3,10-12,17H2,1-2H3,(H,18,20). The highest BCUT2D eigenvalue weighted by molar-refractivity contribution is 5.98. The van der Waals surface area contributed by atoms with Gasteiger partial charge >= 0.3 is 0 Å². The van der Waals surface area contributed by atoms with E-state index in [2.05, 4.69) is 17.2 Å². The SMILES string of the molecule is CCCN(CC(=O)NC)C(=O)c1ccccc1C#CCN. The van der Waals surface area contributed by atoms with Gasteiger partial charge in [-0.25, -0.2) is 0 Å². The summed E-state index contributed by atoms with van der Waals surface area (Å²) in [7, 11) is 1.55. The van der Waals surface area contributed by atoms with Crippen LogP contribution < -0.4 is 11.1 Å². The first-order chi connectivity index (χ1) is 10.1. The number of likely N-dealkylation sites (N-methyl/N-ethyl adjacent to an activating group) is 1. The summed E-state index contributed by atoms with van der Waals surface area (Å²) in [6.45, 7) is 2.76. The van der Waals surface area contributed by atoms with Gasteiger partial charge in [0.25, 0.3) is 5.91 Å². The molecule has 21 heavy (non-hydrogen) atoms. The van der Waals surface area contributed by atoms with Crippen molar-refractivity contribution < 1.29 is 9.59 Å². The smallest absolute Gasteiger partial charge is 0.255 e. The molecule has 0 saturated carbocycles. The fourth-order valence-corrected chi connectivity index (χ4v) is 1.87. The molecule has 0 radical (unpaired) electrons. The molecular weight excluding hydrogens is 266 g/mol. The highest BCUT2D eigenvalue weighted by atomic mass is 16.2. The van der Waals surface area contributed by atoms with E-state index in [0.29, 0.717) is 17.7 Å². The molecule has 3 N–H and O–H groups in total. The molecule has 1 aromatic rings. The Hall–Kier alpha value is -2.32. The molecule has 0 fully saturated rings. The summed E-state index contributed by atoms with van der Waals surface area (Å²) in [6, 6.07) is 7.10. The highest BCUT2D eigenvalue weighted by Gasteiger charge is 2.19. The van der Waals surface area contributed by atoms with Crippen LogP contribution in [0.25, 0.3) is 0 Å². The van der Waals surface area contributed by atoms with E-state index >= 15 is 0 Å². The molecule has 0 saturated heterocycles. The first kappa shape index (κ1) is 16.7. The van der Waals surface area contributed by atoms with Crippen molar-refractivity contribution in [2.24, 2.45) is 5.73 Å². The maximum Gasteiger partial charge on any atom is 0.255 e. The average molecular weight is 287 g/mol. The molecule has 0 heterocycles. The molecule has 0 bridgehead atoms. The van der Waals surface area contributed by atoms with E-state index < -0.39 is 0 Å². The third-order valence-electron chi connectivity index (χ3n) is 2.88. The zero-order valence-electron chi connectivity index (χ0n) is 12.5. The van der Waals surface area contributed by atoms with Crippen molar-refractivity contribution >= 4 is 11.8 Å². The second kappa shape index (κ2) is 8.77. The van der Waals surface area contributed by atoms with E-state index in [1.807, 2.05) is 13.0 Å². The summed E-state index contributed by atoms with van der Waals surface area (Å²) in [5.74, 6) is 5.26. The van der Waals surface area contributed by atoms with Gasteiger partial charge in [0, 0.05) is 19.2 Å². The van der Waals surface area contributed by atoms with Gasteiger partial charge in [0.05, 0.1) is 18.7 Å². The van der Waals surface area contributed by atoms with E-state index in [0.717, 1.165) is 6.42 Å². The van der Waals surface area contributed by atoms with Crippen molar-refractivity contribution in [2.45, 2.75) is 13.3 Å². The average Bonchev–Trinajstić information content (AvgIpc) is 2.51. The Morgan fingerprint density at radius 2 is 2.05 bits per heavy atom. The summed E-state index contributed by atoms with van der Waals surface area (Å²) >= 11 is 0. The van der Waals surface area contributed by atoms with Gasteiger partial charge in [0.15, 0.2) is 0 Å².